The highest BCUT2D eigenvalue weighted by molar-refractivity contribution is 6.01. The molecular weight excluding hydrogens is 216 g/mol. The standard InChI is InChI=1S/C13H16N2O2/c1-9(2)8-15-13(16)12(7-14)6-11-4-5-17-10(11)3/h4-6,9H,8H2,1-3H3,(H,15,16)/b12-6+. The summed E-state index contributed by atoms with van der Waals surface area (Å²) in [6.45, 7) is 6.33. The van der Waals surface area contributed by atoms with Crippen LogP contribution in [-0.2, 0) is 4.79 Å². The van der Waals surface area contributed by atoms with Crippen molar-refractivity contribution in [2.45, 2.75) is 20.8 Å². The smallest absolute Gasteiger partial charge is 0.261 e. The van der Waals surface area contributed by atoms with Gasteiger partial charge in [0.05, 0.1) is 6.26 Å². The minimum atomic E-state index is -0.346. The van der Waals surface area contributed by atoms with Crippen LogP contribution in [0.2, 0.25) is 0 Å². The molecule has 17 heavy (non-hydrogen) atoms. The second kappa shape index (κ2) is 5.90. The van der Waals surface area contributed by atoms with Gasteiger partial charge in [0.25, 0.3) is 5.91 Å². The van der Waals surface area contributed by atoms with E-state index in [1.54, 1.807) is 13.0 Å². The molecule has 90 valence electrons. The maximum Gasteiger partial charge on any atom is 0.261 e. The fraction of sp³-hybridized carbons (Fsp3) is 0.385. The zero-order valence-corrected chi connectivity index (χ0v) is 10.3. The highest BCUT2D eigenvalue weighted by atomic mass is 16.3. The number of nitriles is 1. The minimum absolute atomic E-state index is 0.0927. The van der Waals surface area contributed by atoms with Crippen molar-refractivity contribution in [2.24, 2.45) is 5.92 Å². The predicted molar refractivity (Wildman–Crippen MR) is 64.9 cm³/mol. The van der Waals surface area contributed by atoms with Gasteiger partial charge in [-0.15, -0.1) is 0 Å². The van der Waals surface area contributed by atoms with Crippen molar-refractivity contribution in [3.8, 4) is 6.07 Å². The first-order valence-corrected chi connectivity index (χ1v) is 5.48. The number of rotatable bonds is 4. The molecule has 0 radical (unpaired) electrons. The molecule has 1 aromatic heterocycles. The SMILES string of the molecule is Cc1occc1/C=C(\C#N)C(=O)NCC(C)C. The number of aryl methyl sites for hydroxylation is 1. The lowest BCUT2D eigenvalue weighted by Crippen LogP contribution is -2.28. The summed E-state index contributed by atoms with van der Waals surface area (Å²) in [5, 5.41) is 11.6. The van der Waals surface area contributed by atoms with E-state index in [2.05, 4.69) is 5.32 Å². The van der Waals surface area contributed by atoms with E-state index in [1.165, 1.54) is 12.3 Å². The zero-order chi connectivity index (χ0) is 12.8. The third kappa shape index (κ3) is 3.80. The predicted octanol–water partition coefficient (Wildman–Crippen LogP) is 2.27. The van der Waals surface area contributed by atoms with Crippen LogP contribution in [0.5, 0.6) is 0 Å². The van der Waals surface area contributed by atoms with Crippen LogP contribution in [-0.4, -0.2) is 12.5 Å². The van der Waals surface area contributed by atoms with E-state index in [-0.39, 0.29) is 11.5 Å². The Hall–Kier alpha value is -2.02. The number of carbonyl (C=O) groups is 1. The molecule has 4 nitrogen and oxygen atoms in total. The molecule has 0 atom stereocenters. The lowest BCUT2D eigenvalue weighted by Gasteiger charge is -2.06. The van der Waals surface area contributed by atoms with Gasteiger partial charge in [0.1, 0.15) is 17.4 Å². The molecule has 4 heteroatoms. The summed E-state index contributed by atoms with van der Waals surface area (Å²) in [7, 11) is 0. The van der Waals surface area contributed by atoms with Gasteiger partial charge in [-0.1, -0.05) is 13.8 Å². The van der Waals surface area contributed by atoms with Crippen LogP contribution in [0.4, 0.5) is 0 Å². The van der Waals surface area contributed by atoms with Crippen molar-refractivity contribution < 1.29 is 9.21 Å². The van der Waals surface area contributed by atoms with E-state index in [9.17, 15) is 4.79 Å². The Kier molecular flexibility index (Phi) is 4.53. The monoisotopic (exact) mass is 232 g/mol. The summed E-state index contributed by atoms with van der Waals surface area (Å²) in [4.78, 5) is 11.7. The number of hydrogen-bond donors (Lipinski definition) is 1. The molecule has 0 saturated carbocycles. The molecule has 0 saturated heterocycles. The molecule has 0 aliphatic rings. The summed E-state index contributed by atoms with van der Waals surface area (Å²) in [5.74, 6) is 0.700. The van der Waals surface area contributed by atoms with Gasteiger partial charge in [-0.05, 0) is 25.0 Å². The number of hydrogen-bond acceptors (Lipinski definition) is 3. The van der Waals surface area contributed by atoms with Crippen LogP contribution in [0.1, 0.15) is 25.2 Å². The Balaban J connectivity index is 2.79. The third-order valence-electron chi connectivity index (χ3n) is 2.23. The highest BCUT2D eigenvalue weighted by Crippen LogP contribution is 2.13. The van der Waals surface area contributed by atoms with Crippen LogP contribution in [0.15, 0.2) is 22.3 Å². The first kappa shape index (κ1) is 13.0. The highest BCUT2D eigenvalue weighted by Gasteiger charge is 2.10. The van der Waals surface area contributed by atoms with Gasteiger partial charge in [-0.3, -0.25) is 4.79 Å². The first-order valence-electron chi connectivity index (χ1n) is 5.48. The number of carbonyl (C=O) groups excluding carboxylic acids is 1. The summed E-state index contributed by atoms with van der Waals surface area (Å²) < 4.78 is 5.10. The molecular formula is C13H16N2O2. The average Bonchev–Trinajstić information content (AvgIpc) is 2.68. The molecule has 0 fully saturated rings. The molecule has 1 heterocycles. The molecule has 0 aliphatic carbocycles. The molecule has 1 rings (SSSR count). The molecule has 0 aromatic carbocycles. The third-order valence-corrected chi connectivity index (χ3v) is 2.23. The quantitative estimate of drug-likeness (QED) is 0.639. The molecule has 1 N–H and O–H groups in total. The molecule has 1 aromatic rings. The lowest BCUT2D eigenvalue weighted by atomic mass is 10.1. The Morgan fingerprint density at radius 2 is 2.35 bits per heavy atom. The van der Waals surface area contributed by atoms with E-state index < -0.39 is 0 Å². The number of amides is 1. The van der Waals surface area contributed by atoms with Gasteiger partial charge < -0.3 is 9.73 Å². The fourth-order valence-electron chi connectivity index (χ4n) is 1.24. The van der Waals surface area contributed by atoms with Crippen molar-refractivity contribution >= 4 is 12.0 Å². The zero-order valence-electron chi connectivity index (χ0n) is 10.3. The van der Waals surface area contributed by atoms with Crippen molar-refractivity contribution in [1.82, 2.24) is 5.32 Å². The van der Waals surface area contributed by atoms with Gasteiger partial charge in [-0.25, -0.2) is 0 Å². The molecule has 0 unspecified atom stereocenters. The van der Waals surface area contributed by atoms with Crippen LogP contribution >= 0.6 is 0 Å². The normalized spacial score (nSPS) is 11.4. The van der Waals surface area contributed by atoms with Crippen molar-refractivity contribution in [3.63, 3.8) is 0 Å². The number of furan rings is 1. The summed E-state index contributed by atoms with van der Waals surface area (Å²) >= 11 is 0. The number of nitrogens with zero attached hydrogens (tertiary/aromatic N) is 1. The van der Waals surface area contributed by atoms with Gasteiger partial charge in [-0.2, -0.15) is 5.26 Å². The van der Waals surface area contributed by atoms with Crippen LogP contribution in [0, 0.1) is 24.2 Å². The van der Waals surface area contributed by atoms with Gasteiger partial charge in [0, 0.05) is 12.1 Å². The van der Waals surface area contributed by atoms with E-state index in [1.807, 2.05) is 19.9 Å². The first-order chi connectivity index (χ1) is 8.04. The summed E-state index contributed by atoms with van der Waals surface area (Å²) in [5.41, 5.74) is 0.844. The topological polar surface area (TPSA) is 66.0 Å². The van der Waals surface area contributed by atoms with Crippen LogP contribution in [0.25, 0.3) is 6.08 Å². The molecule has 1 amide bonds. The second-order valence-corrected chi connectivity index (χ2v) is 4.21. The van der Waals surface area contributed by atoms with Crippen molar-refractivity contribution in [2.75, 3.05) is 6.54 Å². The Morgan fingerprint density at radius 1 is 1.65 bits per heavy atom. The van der Waals surface area contributed by atoms with Crippen LogP contribution < -0.4 is 5.32 Å². The Bertz CT molecular complexity index is 464. The summed E-state index contributed by atoms with van der Waals surface area (Å²) in [6.07, 6.45) is 3.07. The van der Waals surface area contributed by atoms with E-state index in [4.69, 9.17) is 9.68 Å². The van der Waals surface area contributed by atoms with Gasteiger partial charge in [0.2, 0.25) is 0 Å². The van der Waals surface area contributed by atoms with Crippen LogP contribution in [0.3, 0.4) is 0 Å². The maximum absolute atomic E-state index is 11.7. The van der Waals surface area contributed by atoms with E-state index in [0.29, 0.717) is 18.2 Å². The van der Waals surface area contributed by atoms with E-state index >= 15 is 0 Å². The largest absolute Gasteiger partial charge is 0.469 e. The minimum Gasteiger partial charge on any atom is -0.469 e. The van der Waals surface area contributed by atoms with E-state index in [0.717, 1.165) is 5.56 Å². The maximum atomic E-state index is 11.7. The van der Waals surface area contributed by atoms with Crippen molar-refractivity contribution in [3.05, 3.63) is 29.2 Å². The molecule has 0 bridgehead atoms. The van der Waals surface area contributed by atoms with Gasteiger partial charge in [0.15, 0.2) is 0 Å². The lowest BCUT2D eigenvalue weighted by molar-refractivity contribution is -0.117. The van der Waals surface area contributed by atoms with Crippen molar-refractivity contribution in [1.29, 1.82) is 5.26 Å². The molecule has 0 aliphatic heterocycles. The Labute approximate surface area is 101 Å². The Morgan fingerprint density at radius 3 is 2.82 bits per heavy atom. The van der Waals surface area contributed by atoms with Gasteiger partial charge >= 0.3 is 0 Å². The number of nitrogens with one attached hydrogen (secondary N) is 1. The summed E-state index contributed by atoms with van der Waals surface area (Å²) in [6, 6.07) is 3.62. The average molecular weight is 232 g/mol. The molecule has 0 spiro atoms. The fourth-order valence-corrected chi connectivity index (χ4v) is 1.24. The second-order valence-electron chi connectivity index (χ2n) is 4.21.